The molecule has 1 amide bonds. The smallest absolute Gasteiger partial charge is 0.236 e. The summed E-state index contributed by atoms with van der Waals surface area (Å²) >= 11 is 0. The highest BCUT2D eigenvalue weighted by atomic mass is 16.2. The van der Waals surface area contributed by atoms with Crippen molar-refractivity contribution in [1.29, 1.82) is 0 Å². The SMILES string of the molecule is CC1CN(C(=O)CN)C1. The van der Waals surface area contributed by atoms with Gasteiger partial charge in [0.25, 0.3) is 0 Å². The molecule has 0 spiro atoms. The molecule has 0 atom stereocenters. The van der Waals surface area contributed by atoms with E-state index >= 15 is 0 Å². The number of hydrogen-bond donors (Lipinski definition) is 1. The molecule has 9 heavy (non-hydrogen) atoms. The Morgan fingerprint density at radius 1 is 1.78 bits per heavy atom. The largest absolute Gasteiger partial charge is 0.341 e. The number of amides is 1. The Morgan fingerprint density at radius 2 is 2.33 bits per heavy atom. The summed E-state index contributed by atoms with van der Waals surface area (Å²) in [5.74, 6) is 0.758. The average molecular weight is 128 g/mol. The van der Waals surface area contributed by atoms with E-state index in [0.717, 1.165) is 13.1 Å². The number of carbonyl (C=O) groups is 1. The third-order valence-corrected chi connectivity index (χ3v) is 1.59. The van der Waals surface area contributed by atoms with Crippen molar-refractivity contribution in [3.63, 3.8) is 0 Å². The van der Waals surface area contributed by atoms with Gasteiger partial charge in [-0.15, -0.1) is 0 Å². The van der Waals surface area contributed by atoms with Gasteiger partial charge in [0.05, 0.1) is 6.54 Å². The van der Waals surface area contributed by atoms with Crippen molar-refractivity contribution >= 4 is 5.91 Å². The van der Waals surface area contributed by atoms with E-state index in [9.17, 15) is 4.79 Å². The van der Waals surface area contributed by atoms with Crippen LogP contribution < -0.4 is 5.73 Å². The minimum absolute atomic E-state index is 0.0769. The molecule has 0 saturated carbocycles. The summed E-state index contributed by atoms with van der Waals surface area (Å²) in [4.78, 5) is 12.5. The Bertz CT molecular complexity index is 118. The zero-order valence-corrected chi connectivity index (χ0v) is 5.63. The molecule has 3 heteroatoms. The van der Waals surface area contributed by atoms with E-state index in [-0.39, 0.29) is 12.5 Å². The lowest BCUT2D eigenvalue weighted by Crippen LogP contribution is -2.50. The molecule has 0 unspecified atom stereocenters. The van der Waals surface area contributed by atoms with E-state index < -0.39 is 0 Å². The van der Waals surface area contributed by atoms with Crippen molar-refractivity contribution < 1.29 is 4.79 Å². The highest BCUT2D eigenvalue weighted by Crippen LogP contribution is 2.12. The van der Waals surface area contributed by atoms with Gasteiger partial charge in [0.1, 0.15) is 0 Å². The number of rotatable bonds is 1. The van der Waals surface area contributed by atoms with Crippen LogP contribution in [0.5, 0.6) is 0 Å². The molecule has 3 nitrogen and oxygen atoms in total. The van der Waals surface area contributed by atoms with E-state index in [2.05, 4.69) is 6.92 Å². The molecule has 1 saturated heterocycles. The molecular weight excluding hydrogens is 116 g/mol. The van der Waals surface area contributed by atoms with Crippen LogP contribution in [0.2, 0.25) is 0 Å². The quantitative estimate of drug-likeness (QED) is 0.513. The van der Waals surface area contributed by atoms with Crippen LogP contribution in [0.1, 0.15) is 6.92 Å². The fraction of sp³-hybridized carbons (Fsp3) is 0.833. The first-order valence-electron chi connectivity index (χ1n) is 3.22. The number of likely N-dealkylation sites (tertiary alicyclic amines) is 1. The molecule has 1 rings (SSSR count). The molecule has 2 N–H and O–H groups in total. The maximum Gasteiger partial charge on any atom is 0.236 e. The second kappa shape index (κ2) is 2.35. The predicted octanol–water partition coefficient (Wildman–Crippen LogP) is -0.577. The number of nitrogens with zero attached hydrogens (tertiary/aromatic N) is 1. The second-order valence-corrected chi connectivity index (χ2v) is 2.61. The van der Waals surface area contributed by atoms with Crippen LogP contribution in [0, 0.1) is 5.92 Å². The predicted molar refractivity (Wildman–Crippen MR) is 34.8 cm³/mol. The van der Waals surface area contributed by atoms with Crippen LogP contribution in [0.25, 0.3) is 0 Å². The maximum atomic E-state index is 10.7. The zero-order chi connectivity index (χ0) is 6.85. The summed E-state index contributed by atoms with van der Waals surface area (Å²) in [5, 5.41) is 0. The first-order valence-corrected chi connectivity index (χ1v) is 3.22. The zero-order valence-electron chi connectivity index (χ0n) is 5.63. The third-order valence-electron chi connectivity index (χ3n) is 1.59. The Morgan fingerprint density at radius 3 is 2.67 bits per heavy atom. The molecular formula is C6H12N2O. The minimum Gasteiger partial charge on any atom is -0.341 e. The fourth-order valence-corrected chi connectivity index (χ4v) is 1.03. The maximum absolute atomic E-state index is 10.7. The summed E-state index contributed by atoms with van der Waals surface area (Å²) in [6, 6.07) is 0. The highest BCUT2D eigenvalue weighted by molar-refractivity contribution is 5.78. The molecule has 52 valence electrons. The summed E-state index contributed by atoms with van der Waals surface area (Å²) < 4.78 is 0. The number of nitrogens with two attached hydrogens (primary N) is 1. The van der Waals surface area contributed by atoms with Crippen LogP contribution >= 0.6 is 0 Å². The van der Waals surface area contributed by atoms with E-state index in [1.54, 1.807) is 4.90 Å². The van der Waals surface area contributed by atoms with Crippen molar-refractivity contribution in [1.82, 2.24) is 4.90 Å². The van der Waals surface area contributed by atoms with Gasteiger partial charge in [0.15, 0.2) is 0 Å². The highest BCUT2D eigenvalue weighted by Gasteiger charge is 2.25. The molecule has 0 aliphatic carbocycles. The summed E-state index contributed by atoms with van der Waals surface area (Å²) in [6.07, 6.45) is 0. The van der Waals surface area contributed by atoms with Crippen molar-refractivity contribution in [2.45, 2.75) is 6.92 Å². The van der Waals surface area contributed by atoms with Gasteiger partial charge in [-0.2, -0.15) is 0 Å². The lowest BCUT2D eigenvalue weighted by Gasteiger charge is -2.36. The molecule has 0 bridgehead atoms. The van der Waals surface area contributed by atoms with E-state index in [1.807, 2.05) is 0 Å². The van der Waals surface area contributed by atoms with Crippen LogP contribution in [0.15, 0.2) is 0 Å². The van der Waals surface area contributed by atoms with Gasteiger partial charge in [-0.1, -0.05) is 6.92 Å². The van der Waals surface area contributed by atoms with Gasteiger partial charge in [-0.25, -0.2) is 0 Å². The van der Waals surface area contributed by atoms with Gasteiger partial charge < -0.3 is 10.6 Å². The van der Waals surface area contributed by atoms with Crippen molar-refractivity contribution in [3.8, 4) is 0 Å². The Kier molecular flexibility index (Phi) is 1.71. The standard InChI is InChI=1S/C6H12N2O/c1-5-3-8(4-5)6(9)2-7/h5H,2-4,7H2,1H3. The molecule has 1 aliphatic rings. The summed E-state index contributed by atoms with van der Waals surface area (Å²) in [5.41, 5.74) is 5.14. The Balaban J connectivity index is 2.23. The first kappa shape index (κ1) is 6.55. The molecule has 1 aliphatic heterocycles. The van der Waals surface area contributed by atoms with Crippen molar-refractivity contribution in [3.05, 3.63) is 0 Å². The topological polar surface area (TPSA) is 46.3 Å². The molecule has 0 aromatic carbocycles. The Hall–Kier alpha value is -0.570. The summed E-state index contributed by atoms with van der Waals surface area (Å²) in [7, 11) is 0. The summed E-state index contributed by atoms with van der Waals surface area (Å²) in [6.45, 7) is 4.08. The van der Waals surface area contributed by atoms with Gasteiger partial charge in [-0.05, 0) is 5.92 Å². The molecule has 0 aromatic heterocycles. The normalized spacial score (nSPS) is 19.6. The van der Waals surface area contributed by atoms with Crippen molar-refractivity contribution in [2.24, 2.45) is 11.7 Å². The second-order valence-electron chi connectivity index (χ2n) is 2.61. The molecule has 0 radical (unpaired) electrons. The minimum atomic E-state index is 0.0769. The third kappa shape index (κ3) is 1.21. The number of hydrogen-bond acceptors (Lipinski definition) is 2. The van der Waals surface area contributed by atoms with E-state index in [0.29, 0.717) is 5.92 Å². The van der Waals surface area contributed by atoms with Gasteiger partial charge in [-0.3, -0.25) is 4.79 Å². The van der Waals surface area contributed by atoms with E-state index in [4.69, 9.17) is 5.73 Å². The fourth-order valence-electron chi connectivity index (χ4n) is 1.03. The lowest BCUT2D eigenvalue weighted by molar-refractivity contribution is -0.135. The van der Waals surface area contributed by atoms with Crippen molar-refractivity contribution in [2.75, 3.05) is 19.6 Å². The van der Waals surface area contributed by atoms with Crippen LogP contribution in [-0.4, -0.2) is 30.4 Å². The van der Waals surface area contributed by atoms with Gasteiger partial charge >= 0.3 is 0 Å². The van der Waals surface area contributed by atoms with E-state index in [1.165, 1.54) is 0 Å². The van der Waals surface area contributed by atoms with Gasteiger partial charge in [0.2, 0.25) is 5.91 Å². The molecule has 0 aromatic rings. The average Bonchev–Trinajstić information content (AvgIpc) is 1.79. The van der Waals surface area contributed by atoms with Crippen LogP contribution in [0.3, 0.4) is 0 Å². The molecule has 1 fully saturated rings. The van der Waals surface area contributed by atoms with Crippen LogP contribution in [-0.2, 0) is 4.79 Å². The monoisotopic (exact) mass is 128 g/mol. The van der Waals surface area contributed by atoms with Gasteiger partial charge in [0, 0.05) is 13.1 Å². The lowest BCUT2D eigenvalue weighted by atomic mass is 10.0. The first-order chi connectivity index (χ1) is 4.24. The molecule has 1 heterocycles. The van der Waals surface area contributed by atoms with Crippen LogP contribution in [0.4, 0.5) is 0 Å². The Labute approximate surface area is 54.8 Å². The number of carbonyl (C=O) groups excluding carboxylic acids is 1.